The second-order valence-corrected chi connectivity index (χ2v) is 5.88. The highest BCUT2D eigenvalue weighted by Crippen LogP contribution is 2.18. The lowest BCUT2D eigenvalue weighted by Gasteiger charge is -2.09. The minimum absolute atomic E-state index is 0.185. The molecule has 1 atom stereocenters. The first-order valence-corrected chi connectivity index (χ1v) is 8.06. The molecule has 0 aliphatic heterocycles. The number of anilines is 1. The molecule has 0 saturated carbocycles. The lowest BCUT2D eigenvalue weighted by atomic mass is 10.0. The van der Waals surface area contributed by atoms with E-state index in [2.05, 4.69) is 23.8 Å². The first kappa shape index (κ1) is 16.6. The first-order chi connectivity index (χ1) is 12.0. The highest BCUT2D eigenvalue weighted by molar-refractivity contribution is 5.70. The van der Waals surface area contributed by atoms with Gasteiger partial charge in [0.25, 0.3) is 22.9 Å². The lowest BCUT2D eigenvalue weighted by molar-refractivity contribution is -0.630. The molecule has 0 aliphatic carbocycles. The van der Waals surface area contributed by atoms with E-state index in [0.717, 1.165) is 16.8 Å². The molecule has 0 aliphatic rings. The Bertz CT molecular complexity index is 956. The standard InChI is InChI=1S/C18H19N5O2/c1-3-12(2)15-10-13(20-18(19)21-15)8-9-14-11-22(24)16-6-4-5-7-17(16)23(14)25/h4-12H,3H2,1-2H3,(H2,19,20,21). The van der Waals surface area contributed by atoms with Gasteiger partial charge >= 0.3 is 0 Å². The fraction of sp³-hybridized carbons (Fsp3) is 0.222. The molecule has 7 nitrogen and oxygen atoms in total. The predicted molar refractivity (Wildman–Crippen MR) is 95.9 cm³/mol. The Morgan fingerprint density at radius 1 is 1.16 bits per heavy atom. The van der Waals surface area contributed by atoms with Crippen molar-refractivity contribution in [1.29, 1.82) is 0 Å². The second-order valence-electron chi connectivity index (χ2n) is 5.88. The number of rotatable bonds is 4. The van der Waals surface area contributed by atoms with Crippen LogP contribution in [0.2, 0.25) is 0 Å². The van der Waals surface area contributed by atoms with Crippen LogP contribution in [-0.4, -0.2) is 9.97 Å². The summed E-state index contributed by atoms with van der Waals surface area (Å²) in [5, 5.41) is 24.5. The third-order valence-electron chi connectivity index (χ3n) is 4.15. The average molecular weight is 337 g/mol. The fourth-order valence-corrected chi connectivity index (χ4v) is 2.54. The number of aromatic nitrogens is 4. The van der Waals surface area contributed by atoms with Crippen molar-refractivity contribution in [2.45, 2.75) is 26.2 Å². The molecule has 0 bridgehead atoms. The molecule has 0 saturated heterocycles. The van der Waals surface area contributed by atoms with Gasteiger partial charge < -0.3 is 16.1 Å². The predicted octanol–water partition coefficient (Wildman–Crippen LogP) is 2.16. The van der Waals surface area contributed by atoms with Gasteiger partial charge in [0.1, 0.15) is 0 Å². The number of nitrogens with two attached hydrogens (primary N) is 1. The van der Waals surface area contributed by atoms with Gasteiger partial charge in [-0.1, -0.05) is 26.0 Å². The molecular weight excluding hydrogens is 318 g/mol. The maximum atomic E-state index is 12.4. The van der Waals surface area contributed by atoms with Crippen LogP contribution < -0.4 is 15.2 Å². The molecule has 3 rings (SSSR count). The van der Waals surface area contributed by atoms with Crippen molar-refractivity contribution in [2.75, 3.05) is 5.73 Å². The molecule has 2 aromatic heterocycles. The zero-order valence-electron chi connectivity index (χ0n) is 14.1. The molecular formula is C18H19N5O2. The van der Waals surface area contributed by atoms with Crippen LogP contribution >= 0.6 is 0 Å². The van der Waals surface area contributed by atoms with Gasteiger partial charge in [0.2, 0.25) is 5.95 Å². The molecule has 2 N–H and O–H groups in total. The molecule has 2 heterocycles. The number of nitrogens with zero attached hydrogens (tertiary/aromatic N) is 4. The Morgan fingerprint density at radius 3 is 2.60 bits per heavy atom. The summed E-state index contributed by atoms with van der Waals surface area (Å²) in [6.45, 7) is 4.13. The van der Waals surface area contributed by atoms with Gasteiger partial charge in [-0.05, 0) is 24.5 Å². The van der Waals surface area contributed by atoms with Crippen molar-refractivity contribution in [1.82, 2.24) is 9.97 Å². The minimum Gasteiger partial charge on any atom is -0.618 e. The van der Waals surface area contributed by atoms with E-state index in [0.29, 0.717) is 21.5 Å². The molecule has 3 aromatic rings. The summed E-state index contributed by atoms with van der Waals surface area (Å²) in [5.41, 5.74) is 8.06. The third-order valence-corrected chi connectivity index (χ3v) is 4.15. The molecule has 1 aromatic carbocycles. The number of benzene rings is 1. The summed E-state index contributed by atoms with van der Waals surface area (Å²) < 4.78 is 1.41. The topological polar surface area (TPSA) is 106 Å². The van der Waals surface area contributed by atoms with Crippen LogP contribution in [0.25, 0.3) is 23.2 Å². The first-order valence-electron chi connectivity index (χ1n) is 8.06. The van der Waals surface area contributed by atoms with Gasteiger partial charge in [-0.25, -0.2) is 9.97 Å². The zero-order chi connectivity index (χ0) is 18.0. The van der Waals surface area contributed by atoms with Gasteiger partial charge in [0, 0.05) is 23.9 Å². The molecule has 0 radical (unpaired) electrons. The number of hydrogen-bond donors (Lipinski definition) is 1. The van der Waals surface area contributed by atoms with Gasteiger partial charge in [0.05, 0.1) is 5.69 Å². The molecule has 0 amide bonds. The van der Waals surface area contributed by atoms with Crippen molar-refractivity contribution in [3.8, 4) is 0 Å². The normalized spacial score (nSPS) is 12.7. The summed E-state index contributed by atoms with van der Waals surface area (Å²) in [5.74, 6) is 0.441. The monoisotopic (exact) mass is 337 g/mol. The van der Waals surface area contributed by atoms with Crippen LogP contribution in [-0.2, 0) is 0 Å². The maximum absolute atomic E-state index is 12.4. The molecule has 7 heteroatoms. The van der Waals surface area contributed by atoms with Crippen LogP contribution in [0.5, 0.6) is 0 Å². The molecule has 25 heavy (non-hydrogen) atoms. The summed E-state index contributed by atoms with van der Waals surface area (Å²) in [6.07, 6.45) is 5.38. The van der Waals surface area contributed by atoms with E-state index in [1.165, 1.54) is 6.20 Å². The van der Waals surface area contributed by atoms with Crippen molar-refractivity contribution in [3.05, 3.63) is 64.0 Å². The van der Waals surface area contributed by atoms with Crippen LogP contribution in [0.3, 0.4) is 0 Å². The Labute approximate surface area is 145 Å². The van der Waals surface area contributed by atoms with E-state index in [4.69, 9.17) is 5.73 Å². The van der Waals surface area contributed by atoms with Crippen molar-refractivity contribution in [2.24, 2.45) is 0 Å². The van der Waals surface area contributed by atoms with Crippen molar-refractivity contribution >= 4 is 29.1 Å². The van der Waals surface area contributed by atoms with Gasteiger partial charge in [0.15, 0.2) is 0 Å². The summed E-state index contributed by atoms with van der Waals surface area (Å²) in [7, 11) is 0. The Balaban J connectivity index is 2.01. The van der Waals surface area contributed by atoms with Crippen LogP contribution in [0.4, 0.5) is 5.95 Å². The van der Waals surface area contributed by atoms with Crippen LogP contribution in [0.1, 0.15) is 43.3 Å². The molecule has 0 fully saturated rings. The largest absolute Gasteiger partial charge is 0.618 e. The quantitative estimate of drug-likeness (QED) is 0.580. The van der Waals surface area contributed by atoms with E-state index in [1.54, 1.807) is 36.4 Å². The Hall–Kier alpha value is -3.22. The number of para-hydroxylation sites is 2. The smallest absolute Gasteiger partial charge is 0.290 e. The second kappa shape index (κ2) is 6.72. The van der Waals surface area contributed by atoms with E-state index in [-0.39, 0.29) is 17.6 Å². The highest BCUT2D eigenvalue weighted by Gasteiger charge is 2.16. The average Bonchev–Trinajstić information content (AvgIpc) is 2.62. The molecule has 0 spiro atoms. The highest BCUT2D eigenvalue weighted by atomic mass is 16.5. The van der Waals surface area contributed by atoms with E-state index in [1.807, 2.05) is 6.07 Å². The number of fused-ring (bicyclic) bond motifs is 1. The number of nitrogen functional groups attached to an aromatic ring is 1. The van der Waals surface area contributed by atoms with Gasteiger partial charge in [-0.3, -0.25) is 0 Å². The third kappa shape index (κ3) is 3.35. The molecule has 128 valence electrons. The fourth-order valence-electron chi connectivity index (χ4n) is 2.54. The molecule has 1 unspecified atom stereocenters. The summed E-state index contributed by atoms with van der Waals surface area (Å²) in [4.78, 5) is 8.41. The SMILES string of the molecule is CCC(C)c1cc(C=Cc2c[n+]([O-])c3ccccc3[n+]2[O-])nc(N)n1. The Morgan fingerprint density at radius 2 is 1.88 bits per heavy atom. The van der Waals surface area contributed by atoms with E-state index >= 15 is 0 Å². The van der Waals surface area contributed by atoms with Gasteiger partial charge in [-0.2, -0.15) is 9.46 Å². The van der Waals surface area contributed by atoms with Crippen LogP contribution in [0, 0.1) is 10.4 Å². The van der Waals surface area contributed by atoms with E-state index < -0.39 is 0 Å². The minimum atomic E-state index is 0.185. The summed E-state index contributed by atoms with van der Waals surface area (Å²) in [6, 6.07) is 8.48. The van der Waals surface area contributed by atoms with E-state index in [9.17, 15) is 10.4 Å². The van der Waals surface area contributed by atoms with Crippen molar-refractivity contribution < 1.29 is 9.46 Å². The number of hydrogen-bond acceptors (Lipinski definition) is 5. The lowest BCUT2D eigenvalue weighted by Crippen LogP contribution is -2.40. The van der Waals surface area contributed by atoms with Gasteiger partial charge in [-0.15, -0.1) is 0 Å². The Kier molecular flexibility index (Phi) is 4.47. The summed E-state index contributed by atoms with van der Waals surface area (Å²) >= 11 is 0. The van der Waals surface area contributed by atoms with Crippen LogP contribution in [0.15, 0.2) is 36.5 Å². The van der Waals surface area contributed by atoms with Crippen molar-refractivity contribution in [3.63, 3.8) is 0 Å². The zero-order valence-corrected chi connectivity index (χ0v) is 14.1. The maximum Gasteiger partial charge on any atom is 0.290 e.